The highest BCUT2D eigenvalue weighted by Gasteiger charge is 2.08. The van der Waals surface area contributed by atoms with Crippen LogP contribution in [0.4, 0.5) is 0 Å². The summed E-state index contributed by atoms with van der Waals surface area (Å²) in [7, 11) is 0. The summed E-state index contributed by atoms with van der Waals surface area (Å²) in [5.74, 6) is 0.449. The number of nitrogens with zero attached hydrogens (tertiary/aromatic N) is 3. The van der Waals surface area contributed by atoms with Crippen LogP contribution in [0.5, 0.6) is 0 Å². The third-order valence-corrected chi connectivity index (χ3v) is 4.52. The van der Waals surface area contributed by atoms with Crippen LogP contribution in [0, 0.1) is 0 Å². The first-order valence-corrected chi connectivity index (χ1v) is 7.85. The van der Waals surface area contributed by atoms with E-state index in [1.807, 2.05) is 24.5 Å². The van der Waals surface area contributed by atoms with Gasteiger partial charge in [-0.15, -0.1) is 21.5 Å². The van der Waals surface area contributed by atoms with Gasteiger partial charge in [-0.3, -0.25) is 4.98 Å². The van der Waals surface area contributed by atoms with Crippen molar-refractivity contribution in [2.24, 2.45) is 0 Å². The number of hydrogen-bond donors (Lipinski definition) is 0. The zero-order valence-corrected chi connectivity index (χ0v) is 13.0. The highest BCUT2D eigenvalue weighted by Crippen LogP contribution is 2.23. The van der Waals surface area contributed by atoms with Crippen LogP contribution >= 0.6 is 11.3 Å². The minimum absolute atomic E-state index is 0.449. The van der Waals surface area contributed by atoms with Crippen molar-refractivity contribution in [2.75, 3.05) is 0 Å². The minimum Gasteiger partial charge on any atom is -0.265 e. The van der Waals surface area contributed by atoms with Gasteiger partial charge in [0.25, 0.3) is 0 Å². The largest absolute Gasteiger partial charge is 0.265 e. The van der Waals surface area contributed by atoms with Crippen molar-refractivity contribution < 1.29 is 0 Å². The summed E-state index contributed by atoms with van der Waals surface area (Å²) in [6.45, 7) is 4.29. The minimum atomic E-state index is 0.449. The summed E-state index contributed by atoms with van der Waals surface area (Å²) in [4.78, 5) is 4.05. The van der Waals surface area contributed by atoms with Crippen molar-refractivity contribution in [3.63, 3.8) is 0 Å². The molecule has 0 saturated carbocycles. The number of benzene rings is 1. The Bertz CT molecular complexity index is 702. The second-order valence-electron chi connectivity index (χ2n) is 5.30. The predicted octanol–water partition coefficient (Wildman–Crippen LogP) is 4.31. The molecule has 3 rings (SSSR count). The molecule has 3 aromatic rings. The first kappa shape index (κ1) is 13.9. The lowest BCUT2D eigenvalue weighted by Gasteiger charge is -2.03. The molecule has 0 aliphatic rings. The Morgan fingerprint density at radius 1 is 0.905 bits per heavy atom. The van der Waals surface area contributed by atoms with E-state index in [1.54, 1.807) is 11.3 Å². The van der Waals surface area contributed by atoms with Gasteiger partial charge in [0.15, 0.2) is 0 Å². The van der Waals surface area contributed by atoms with Crippen LogP contribution in [-0.4, -0.2) is 15.2 Å². The zero-order chi connectivity index (χ0) is 14.7. The molecule has 2 heterocycles. The van der Waals surface area contributed by atoms with Crippen molar-refractivity contribution in [3.8, 4) is 11.1 Å². The molecule has 0 aliphatic heterocycles. The molecule has 0 N–H and O–H groups in total. The Hall–Kier alpha value is -2.07. The lowest BCUT2D eigenvalue weighted by molar-refractivity contribution is 0.819. The second kappa shape index (κ2) is 6.14. The van der Waals surface area contributed by atoms with Gasteiger partial charge in [-0.2, -0.15) is 0 Å². The third-order valence-electron chi connectivity index (χ3n) is 3.30. The molecule has 4 heteroatoms. The van der Waals surface area contributed by atoms with Gasteiger partial charge >= 0.3 is 0 Å². The maximum absolute atomic E-state index is 4.27. The first-order valence-electron chi connectivity index (χ1n) is 7.04. The normalized spacial score (nSPS) is 11.0. The topological polar surface area (TPSA) is 38.7 Å². The summed E-state index contributed by atoms with van der Waals surface area (Å²) >= 11 is 1.71. The Morgan fingerprint density at radius 2 is 1.57 bits per heavy atom. The molecule has 0 saturated heterocycles. The van der Waals surface area contributed by atoms with Crippen molar-refractivity contribution in [3.05, 3.63) is 64.4 Å². The van der Waals surface area contributed by atoms with Crippen molar-refractivity contribution in [2.45, 2.75) is 26.2 Å². The van der Waals surface area contributed by atoms with E-state index in [-0.39, 0.29) is 0 Å². The molecule has 0 radical (unpaired) electrons. The number of rotatable bonds is 4. The van der Waals surface area contributed by atoms with Crippen LogP contribution in [0.2, 0.25) is 0 Å². The number of pyridine rings is 1. The van der Waals surface area contributed by atoms with Crippen LogP contribution < -0.4 is 0 Å². The van der Waals surface area contributed by atoms with E-state index in [4.69, 9.17) is 0 Å². The molecule has 0 unspecified atom stereocenters. The van der Waals surface area contributed by atoms with Gasteiger partial charge in [0.2, 0.25) is 0 Å². The van der Waals surface area contributed by atoms with Gasteiger partial charge < -0.3 is 0 Å². The molecule has 0 spiro atoms. The van der Waals surface area contributed by atoms with E-state index in [1.165, 1.54) is 16.7 Å². The van der Waals surface area contributed by atoms with E-state index in [2.05, 4.69) is 53.3 Å². The van der Waals surface area contributed by atoms with Gasteiger partial charge in [0.1, 0.15) is 10.0 Å². The van der Waals surface area contributed by atoms with E-state index in [0.29, 0.717) is 5.92 Å². The summed E-state index contributed by atoms with van der Waals surface area (Å²) < 4.78 is 0. The molecular weight excluding hydrogens is 278 g/mol. The third kappa shape index (κ3) is 3.34. The van der Waals surface area contributed by atoms with Gasteiger partial charge in [-0.05, 0) is 28.8 Å². The lowest BCUT2D eigenvalue weighted by Crippen LogP contribution is -1.88. The molecule has 1 aromatic carbocycles. The summed E-state index contributed by atoms with van der Waals surface area (Å²) in [5, 5.41) is 10.7. The fourth-order valence-corrected chi connectivity index (χ4v) is 2.98. The quantitative estimate of drug-likeness (QED) is 0.719. The van der Waals surface area contributed by atoms with Crippen LogP contribution in [-0.2, 0) is 6.42 Å². The molecular formula is C17H17N3S. The number of hydrogen-bond acceptors (Lipinski definition) is 4. The molecule has 0 bridgehead atoms. The Kier molecular flexibility index (Phi) is 4.06. The second-order valence-corrected chi connectivity index (χ2v) is 6.39. The molecule has 21 heavy (non-hydrogen) atoms. The van der Waals surface area contributed by atoms with Crippen LogP contribution in [0.1, 0.15) is 35.3 Å². The van der Waals surface area contributed by atoms with Crippen LogP contribution in [0.15, 0.2) is 48.8 Å². The van der Waals surface area contributed by atoms with Crippen LogP contribution in [0.3, 0.4) is 0 Å². The molecule has 0 fully saturated rings. The van der Waals surface area contributed by atoms with Gasteiger partial charge in [0, 0.05) is 24.7 Å². The number of aromatic nitrogens is 3. The highest BCUT2D eigenvalue weighted by atomic mass is 32.1. The van der Waals surface area contributed by atoms with Crippen LogP contribution in [0.25, 0.3) is 11.1 Å². The van der Waals surface area contributed by atoms with Gasteiger partial charge in [0.05, 0.1) is 0 Å². The van der Waals surface area contributed by atoms with E-state index < -0.39 is 0 Å². The summed E-state index contributed by atoms with van der Waals surface area (Å²) in [5.41, 5.74) is 3.66. The fourth-order valence-electron chi connectivity index (χ4n) is 2.11. The molecule has 0 atom stereocenters. The lowest BCUT2D eigenvalue weighted by atomic mass is 10.0. The Morgan fingerprint density at radius 3 is 2.19 bits per heavy atom. The molecule has 2 aromatic heterocycles. The SMILES string of the molecule is CC(C)c1nnc(Cc2ccc(-c3ccncc3)cc2)s1. The molecule has 3 nitrogen and oxygen atoms in total. The average Bonchev–Trinajstić information content (AvgIpc) is 2.98. The molecule has 0 amide bonds. The molecule has 0 aliphatic carbocycles. The Balaban J connectivity index is 1.75. The van der Waals surface area contributed by atoms with Crippen molar-refractivity contribution in [1.29, 1.82) is 0 Å². The maximum Gasteiger partial charge on any atom is 0.121 e. The zero-order valence-electron chi connectivity index (χ0n) is 12.2. The summed E-state index contributed by atoms with van der Waals surface area (Å²) in [6, 6.07) is 12.7. The van der Waals surface area contributed by atoms with E-state index in [0.717, 1.165) is 16.4 Å². The van der Waals surface area contributed by atoms with E-state index in [9.17, 15) is 0 Å². The van der Waals surface area contributed by atoms with Crippen molar-refractivity contribution >= 4 is 11.3 Å². The van der Waals surface area contributed by atoms with Gasteiger partial charge in [-0.1, -0.05) is 38.1 Å². The monoisotopic (exact) mass is 295 g/mol. The smallest absolute Gasteiger partial charge is 0.121 e. The molecule has 106 valence electrons. The van der Waals surface area contributed by atoms with Crippen molar-refractivity contribution in [1.82, 2.24) is 15.2 Å². The van der Waals surface area contributed by atoms with Gasteiger partial charge in [-0.25, -0.2) is 0 Å². The Labute approximate surface area is 128 Å². The highest BCUT2D eigenvalue weighted by molar-refractivity contribution is 7.11. The fraction of sp³-hybridized carbons (Fsp3) is 0.235. The maximum atomic E-state index is 4.27. The van der Waals surface area contributed by atoms with E-state index >= 15 is 0 Å². The summed E-state index contributed by atoms with van der Waals surface area (Å²) in [6.07, 6.45) is 4.48. The average molecular weight is 295 g/mol. The first-order chi connectivity index (χ1) is 10.2. The predicted molar refractivity (Wildman–Crippen MR) is 86.5 cm³/mol. The standard InChI is InChI=1S/C17H17N3S/c1-12(2)17-20-19-16(21-17)11-13-3-5-14(6-4-13)15-7-9-18-10-8-15/h3-10,12H,11H2,1-2H3.